The number of nitrogens with one attached hydrogen (secondary N) is 2. The van der Waals surface area contributed by atoms with Crippen LogP contribution in [0.4, 0.5) is 16.4 Å². The molecule has 0 aliphatic carbocycles. The SMILES string of the molecule is Cc1cc(NC(=O)Nc2cc(-c3ccccc3)n(C)n2)no1. The standard InChI is InChI=1S/C15H15N5O2/c1-10-8-14(19-22-10)17-15(21)16-13-9-12(20(2)18-13)11-6-4-3-5-7-11/h3-9H,1-2H3,(H2,16,17,18,19,21). The van der Waals surface area contributed by atoms with Crippen molar-refractivity contribution < 1.29 is 9.32 Å². The molecule has 3 rings (SSSR count). The van der Waals surface area contributed by atoms with E-state index in [1.807, 2.05) is 43.4 Å². The fourth-order valence-corrected chi connectivity index (χ4v) is 2.10. The summed E-state index contributed by atoms with van der Waals surface area (Å²) in [6.07, 6.45) is 0. The molecule has 2 amide bonds. The van der Waals surface area contributed by atoms with Crippen LogP contribution in [0.25, 0.3) is 11.3 Å². The van der Waals surface area contributed by atoms with Crippen molar-refractivity contribution in [3.05, 3.63) is 48.2 Å². The van der Waals surface area contributed by atoms with Crippen LogP contribution in [0.1, 0.15) is 5.76 Å². The third kappa shape index (κ3) is 2.98. The van der Waals surface area contributed by atoms with E-state index >= 15 is 0 Å². The van der Waals surface area contributed by atoms with Crippen molar-refractivity contribution in [2.24, 2.45) is 7.05 Å². The van der Waals surface area contributed by atoms with Gasteiger partial charge in [-0.3, -0.25) is 15.3 Å². The summed E-state index contributed by atoms with van der Waals surface area (Å²) < 4.78 is 6.60. The number of aromatic nitrogens is 3. The lowest BCUT2D eigenvalue weighted by atomic mass is 10.1. The molecule has 3 aromatic rings. The lowest BCUT2D eigenvalue weighted by Gasteiger charge is -2.00. The van der Waals surface area contributed by atoms with Gasteiger partial charge in [0.05, 0.1) is 5.69 Å². The van der Waals surface area contributed by atoms with Gasteiger partial charge >= 0.3 is 6.03 Å². The number of urea groups is 1. The number of anilines is 2. The zero-order valence-electron chi connectivity index (χ0n) is 12.2. The Labute approximate surface area is 126 Å². The van der Waals surface area contributed by atoms with Crippen LogP contribution in [0.2, 0.25) is 0 Å². The predicted molar refractivity (Wildman–Crippen MR) is 82.5 cm³/mol. The first-order chi connectivity index (χ1) is 10.6. The molecular formula is C15H15N5O2. The number of hydrogen-bond donors (Lipinski definition) is 2. The van der Waals surface area contributed by atoms with Gasteiger partial charge in [-0.1, -0.05) is 35.5 Å². The van der Waals surface area contributed by atoms with Gasteiger partial charge in [-0.05, 0) is 12.5 Å². The largest absolute Gasteiger partial charge is 0.360 e. The Hall–Kier alpha value is -3.09. The molecule has 0 atom stereocenters. The van der Waals surface area contributed by atoms with Crippen molar-refractivity contribution in [2.45, 2.75) is 6.92 Å². The molecule has 0 saturated carbocycles. The summed E-state index contributed by atoms with van der Waals surface area (Å²) in [5, 5.41) is 13.2. The number of carbonyl (C=O) groups is 1. The molecule has 0 radical (unpaired) electrons. The molecule has 2 heterocycles. The predicted octanol–water partition coefficient (Wildman–Crippen LogP) is 3.03. The summed E-state index contributed by atoms with van der Waals surface area (Å²) in [5.74, 6) is 1.44. The number of amides is 2. The quantitative estimate of drug-likeness (QED) is 0.778. The molecule has 0 unspecified atom stereocenters. The van der Waals surface area contributed by atoms with E-state index in [-0.39, 0.29) is 0 Å². The summed E-state index contributed by atoms with van der Waals surface area (Å²) in [6.45, 7) is 1.75. The van der Waals surface area contributed by atoms with E-state index in [9.17, 15) is 4.79 Å². The summed E-state index contributed by atoms with van der Waals surface area (Å²) in [5.41, 5.74) is 1.94. The van der Waals surface area contributed by atoms with Crippen LogP contribution in [-0.2, 0) is 7.05 Å². The monoisotopic (exact) mass is 297 g/mol. The van der Waals surface area contributed by atoms with Crippen LogP contribution in [-0.4, -0.2) is 21.0 Å². The first-order valence-corrected chi connectivity index (χ1v) is 6.72. The molecule has 0 aliphatic heterocycles. The molecule has 112 valence electrons. The van der Waals surface area contributed by atoms with Crippen molar-refractivity contribution in [3.8, 4) is 11.3 Å². The lowest BCUT2D eigenvalue weighted by Crippen LogP contribution is -2.19. The first kappa shape index (κ1) is 13.9. The second-order valence-corrected chi connectivity index (χ2v) is 4.81. The highest BCUT2D eigenvalue weighted by molar-refractivity contribution is 5.98. The number of nitrogens with zero attached hydrogens (tertiary/aromatic N) is 3. The Kier molecular flexibility index (Phi) is 3.61. The molecule has 0 aliphatic rings. The Morgan fingerprint density at radius 1 is 1.14 bits per heavy atom. The van der Waals surface area contributed by atoms with Crippen LogP contribution >= 0.6 is 0 Å². The maximum atomic E-state index is 11.9. The first-order valence-electron chi connectivity index (χ1n) is 6.72. The Morgan fingerprint density at radius 3 is 2.55 bits per heavy atom. The normalized spacial score (nSPS) is 10.5. The molecule has 0 saturated heterocycles. The van der Waals surface area contributed by atoms with E-state index in [4.69, 9.17) is 4.52 Å². The average Bonchev–Trinajstić information content (AvgIpc) is 3.05. The van der Waals surface area contributed by atoms with Crippen LogP contribution in [0.3, 0.4) is 0 Å². The summed E-state index contributed by atoms with van der Waals surface area (Å²) in [7, 11) is 1.83. The number of benzene rings is 1. The van der Waals surface area contributed by atoms with Crippen molar-refractivity contribution in [1.82, 2.24) is 14.9 Å². The molecule has 7 nitrogen and oxygen atoms in total. The summed E-state index contributed by atoms with van der Waals surface area (Å²) in [6, 6.07) is 12.8. The van der Waals surface area contributed by atoms with E-state index in [1.54, 1.807) is 17.7 Å². The third-order valence-corrected chi connectivity index (χ3v) is 3.06. The molecule has 7 heteroatoms. The number of rotatable bonds is 3. The topological polar surface area (TPSA) is 85.0 Å². The highest BCUT2D eigenvalue weighted by Crippen LogP contribution is 2.21. The zero-order chi connectivity index (χ0) is 15.5. The van der Waals surface area contributed by atoms with Crippen LogP contribution in [0.5, 0.6) is 0 Å². The average molecular weight is 297 g/mol. The van der Waals surface area contributed by atoms with Crippen LogP contribution in [0.15, 0.2) is 47.0 Å². The smallest absolute Gasteiger partial charge is 0.326 e. The van der Waals surface area contributed by atoms with E-state index in [1.165, 1.54) is 0 Å². The van der Waals surface area contributed by atoms with Crippen LogP contribution < -0.4 is 10.6 Å². The molecule has 0 spiro atoms. The van der Waals surface area contributed by atoms with Gasteiger partial charge < -0.3 is 4.52 Å². The minimum Gasteiger partial charge on any atom is -0.360 e. The highest BCUT2D eigenvalue weighted by Gasteiger charge is 2.11. The van der Waals surface area contributed by atoms with Gasteiger partial charge in [0.2, 0.25) is 0 Å². The van der Waals surface area contributed by atoms with E-state index < -0.39 is 6.03 Å². The molecule has 2 aromatic heterocycles. The second kappa shape index (κ2) is 5.72. The maximum absolute atomic E-state index is 11.9. The fourth-order valence-electron chi connectivity index (χ4n) is 2.10. The van der Waals surface area contributed by atoms with Gasteiger partial charge in [-0.25, -0.2) is 4.79 Å². The van der Waals surface area contributed by atoms with E-state index in [0.29, 0.717) is 17.4 Å². The Morgan fingerprint density at radius 2 is 1.86 bits per heavy atom. The number of carbonyl (C=O) groups excluding carboxylic acids is 1. The third-order valence-electron chi connectivity index (χ3n) is 3.06. The van der Waals surface area contributed by atoms with E-state index in [2.05, 4.69) is 20.9 Å². The number of aryl methyl sites for hydroxylation is 2. The van der Waals surface area contributed by atoms with Gasteiger partial charge in [0.15, 0.2) is 11.6 Å². The molecular weight excluding hydrogens is 282 g/mol. The Bertz CT molecular complexity index is 791. The minimum absolute atomic E-state index is 0.356. The van der Waals surface area contributed by atoms with Gasteiger partial charge in [-0.15, -0.1) is 0 Å². The van der Waals surface area contributed by atoms with Gasteiger partial charge in [0, 0.05) is 19.2 Å². The number of hydrogen-bond acceptors (Lipinski definition) is 4. The molecule has 0 fully saturated rings. The summed E-state index contributed by atoms with van der Waals surface area (Å²) >= 11 is 0. The van der Waals surface area contributed by atoms with Gasteiger partial charge in [0.25, 0.3) is 0 Å². The van der Waals surface area contributed by atoms with E-state index in [0.717, 1.165) is 11.3 Å². The van der Waals surface area contributed by atoms with Crippen molar-refractivity contribution in [2.75, 3.05) is 10.6 Å². The van der Waals surface area contributed by atoms with Gasteiger partial charge in [0.1, 0.15) is 5.76 Å². The van der Waals surface area contributed by atoms with Crippen LogP contribution in [0, 0.1) is 6.92 Å². The lowest BCUT2D eigenvalue weighted by molar-refractivity contribution is 0.262. The van der Waals surface area contributed by atoms with Crippen molar-refractivity contribution in [3.63, 3.8) is 0 Å². The molecule has 1 aromatic carbocycles. The maximum Gasteiger partial charge on any atom is 0.326 e. The molecule has 2 N–H and O–H groups in total. The molecule has 22 heavy (non-hydrogen) atoms. The highest BCUT2D eigenvalue weighted by atomic mass is 16.5. The van der Waals surface area contributed by atoms with Crippen molar-refractivity contribution in [1.29, 1.82) is 0 Å². The molecule has 0 bridgehead atoms. The fraction of sp³-hybridized carbons (Fsp3) is 0.133. The summed E-state index contributed by atoms with van der Waals surface area (Å²) in [4.78, 5) is 11.9. The van der Waals surface area contributed by atoms with Gasteiger partial charge in [-0.2, -0.15) is 5.10 Å². The zero-order valence-corrected chi connectivity index (χ0v) is 12.2. The van der Waals surface area contributed by atoms with Crippen molar-refractivity contribution >= 4 is 17.7 Å². The minimum atomic E-state index is -0.425. The second-order valence-electron chi connectivity index (χ2n) is 4.81. The Balaban J connectivity index is 1.72.